The van der Waals surface area contributed by atoms with E-state index in [0.29, 0.717) is 5.75 Å². The molecule has 0 aromatic heterocycles. The summed E-state index contributed by atoms with van der Waals surface area (Å²) in [5.74, 6) is -0.757. The van der Waals surface area contributed by atoms with Crippen molar-refractivity contribution in [1.82, 2.24) is 0 Å². The molecule has 0 saturated heterocycles. The molecule has 2 aromatic rings. The Labute approximate surface area is 139 Å². The monoisotopic (exact) mass is 332 g/mol. The lowest BCUT2D eigenvalue weighted by molar-refractivity contribution is 0.0316. The number of ketones is 1. The van der Waals surface area contributed by atoms with Gasteiger partial charge in [-0.15, -0.1) is 0 Å². The van der Waals surface area contributed by atoms with E-state index in [1.807, 2.05) is 0 Å². The van der Waals surface area contributed by atoms with E-state index in [1.54, 1.807) is 12.1 Å². The summed E-state index contributed by atoms with van der Waals surface area (Å²) in [6.45, 7) is 1.46. The Morgan fingerprint density at radius 2 is 1.67 bits per heavy atom. The number of ether oxygens (including phenoxy) is 3. The lowest BCUT2D eigenvalue weighted by Gasteiger charge is -2.14. The molecule has 2 rings (SSSR count). The summed E-state index contributed by atoms with van der Waals surface area (Å²) < 4.78 is 28.3. The van der Waals surface area contributed by atoms with Gasteiger partial charge in [-0.05, 0) is 43.3 Å². The summed E-state index contributed by atoms with van der Waals surface area (Å²) in [5.41, 5.74) is 0.440. The van der Waals surface area contributed by atoms with Gasteiger partial charge in [-0.25, -0.2) is 9.18 Å². The molecule has 0 spiro atoms. The van der Waals surface area contributed by atoms with Gasteiger partial charge in [0, 0.05) is 11.6 Å². The lowest BCUT2D eigenvalue weighted by atomic mass is 10.1. The van der Waals surface area contributed by atoms with Gasteiger partial charge >= 0.3 is 5.97 Å². The highest BCUT2D eigenvalue weighted by Crippen LogP contribution is 2.25. The molecule has 0 saturated carbocycles. The van der Waals surface area contributed by atoms with Crippen LogP contribution in [0.25, 0.3) is 0 Å². The van der Waals surface area contributed by atoms with Gasteiger partial charge in [-0.1, -0.05) is 0 Å². The average Bonchev–Trinajstić information content (AvgIpc) is 2.60. The summed E-state index contributed by atoms with van der Waals surface area (Å²) in [5, 5.41) is 0. The minimum atomic E-state index is -1.02. The van der Waals surface area contributed by atoms with Gasteiger partial charge in [0.05, 0.1) is 14.2 Å². The molecule has 5 nitrogen and oxygen atoms in total. The summed E-state index contributed by atoms with van der Waals surface area (Å²) in [7, 11) is 2.91. The van der Waals surface area contributed by atoms with Gasteiger partial charge in [-0.2, -0.15) is 0 Å². The second-order valence-corrected chi connectivity index (χ2v) is 4.98. The van der Waals surface area contributed by atoms with Crippen molar-refractivity contribution in [2.24, 2.45) is 0 Å². The molecule has 0 bridgehead atoms. The lowest BCUT2D eigenvalue weighted by Crippen LogP contribution is -2.24. The largest absolute Gasteiger partial charge is 0.497 e. The second kappa shape index (κ2) is 7.59. The number of benzene rings is 2. The van der Waals surface area contributed by atoms with Crippen LogP contribution >= 0.6 is 0 Å². The van der Waals surface area contributed by atoms with Crippen LogP contribution in [-0.4, -0.2) is 32.1 Å². The van der Waals surface area contributed by atoms with Crippen molar-refractivity contribution < 1.29 is 28.2 Å². The van der Waals surface area contributed by atoms with Crippen LogP contribution in [-0.2, 0) is 4.74 Å². The van der Waals surface area contributed by atoms with Crippen molar-refractivity contribution in [3.63, 3.8) is 0 Å². The van der Waals surface area contributed by atoms with Crippen molar-refractivity contribution >= 4 is 11.8 Å². The SMILES string of the molecule is COc1ccc(C(=O)O[C@@H](C)C(=O)c2ccc(F)cc2)c(OC)c1. The maximum atomic E-state index is 12.9. The van der Waals surface area contributed by atoms with Gasteiger partial charge in [-0.3, -0.25) is 4.79 Å². The number of Topliss-reactive ketones (excluding diaryl/α,β-unsaturated/α-hetero) is 1. The smallest absolute Gasteiger partial charge is 0.342 e. The van der Waals surface area contributed by atoms with Crippen molar-refractivity contribution in [1.29, 1.82) is 0 Å². The Balaban J connectivity index is 2.14. The summed E-state index contributed by atoms with van der Waals surface area (Å²) in [4.78, 5) is 24.5. The van der Waals surface area contributed by atoms with E-state index in [1.165, 1.54) is 51.5 Å². The number of carbonyl (C=O) groups is 2. The van der Waals surface area contributed by atoms with Crippen molar-refractivity contribution in [3.8, 4) is 11.5 Å². The first-order chi connectivity index (χ1) is 11.5. The highest BCUT2D eigenvalue weighted by atomic mass is 19.1. The molecule has 0 amide bonds. The molecule has 0 unspecified atom stereocenters. The second-order valence-electron chi connectivity index (χ2n) is 4.98. The highest BCUT2D eigenvalue weighted by molar-refractivity contribution is 6.01. The first-order valence-electron chi connectivity index (χ1n) is 7.19. The molecule has 0 radical (unpaired) electrons. The molecule has 0 fully saturated rings. The molecule has 6 heteroatoms. The Hall–Kier alpha value is -2.89. The Bertz CT molecular complexity index is 740. The van der Waals surface area contributed by atoms with Gasteiger partial charge < -0.3 is 14.2 Å². The topological polar surface area (TPSA) is 61.8 Å². The minimum Gasteiger partial charge on any atom is -0.497 e. The zero-order valence-corrected chi connectivity index (χ0v) is 13.5. The molecule has 0 N–H and O–H groups in total. The third-order valence-corrected chi connectivity index (χ3v) is 3.41. The molecule has 126 valence electrons. The van der Waals surface area contributed by atoms with Gasteiger partial charge in [0.25, 0.3) is 0 Å². The van der Waals surface area contributed by atoms with Crippen LogP contribution < -0.4 is 9.47 Å². The van der Waals surface area contributed by atoms with Crippen LogP contribution in [0, 0.1) is 5.82 Å². The van der Waals surface area contributed by atoms with Crippen LogP contribution in [0.3, 0.4) is 0 Å². The van der Waals surface area contributed by atoms with Gasteiger partial charge in [0.2, 0.25) is 5.78 Å². The number of esters is 1. The molecule has 0 heterocycles. The number of hydrogen-bond donors (Lipinski definition) is 0. The molecule has 1 atom stereocenters. The fraction of sp³-hybridized carbons (Fsp3) is 0.222. The number of rotatable bonds is 6. The molecule has 0 aliphatic rings. The maximum Gasteiger partial charge on any atom is 0.342 e. The predicted octanol–water partition coefficient (Wildman–Crippen LogP) is 3.27. The van der Waals surface area contributed by atoms with E-state index < -0.39 is 23.7 Å². The van der Waals surface area contributed by atoms with Crippen LogP contribution in [0.15, 0.2) is 42.5 Å². The first kappa shape index (κ1) is 17.5. The normalized spacial score (nSPS) is 11.5. The first-order valence-corrected chi connectivity index (χ1v) is 7.19. The van der Waals surface area contributed by atoms with Crippen LogP contribution in [0.1, 0.15) is 27.6 Å². The zero-order chi connectivity index (χ0) is 17.7. The average molecular weight is 332 g/mol. The minimum absolute atomic E-state index is 0.178. The summed E-state index contributed by atoms with van der Waals surface area (Å²) in [6, 6.07) is 9.66. The summed E-state index contributed by atoms with van der Waals surface area (Å²) >= 11 is 0. The molecule has 2 aromatic carbocycles. The summed E-state index contributed by atoms with van der Waals surface area (Å²) in [6.07, 6.45) is -1.02. The van der Waals surface area contributed by atoms with Crippen molar-refractivity contribution in [2.45, 2.75) is 13.0 Å². The number of hydrogen-bond acceptors (Lipinski definition) is 5. The van der Waals surface area contributed by atoms with Crippen LogP contribution in [0.5, 0.6) is 11.5 Å². The third kappa shape index (κ3) is 3.90. The predicted molar refractivity (Wildman–Crippen MR) is 85.2 cm³/mol. The van der Waals surface area contributed by atoms with E-state index in [4.69, 9.17) is 14.2 Å². The van der Waals surface area contributed by atoms with Gasteiger partial charge in [0.1, 0.15) is 22.9 Å². The number of halogens is 1. The van der Waals surface area contributed by atoms with Crippen LogP contribution in [0.4, 0.5) is 4.39 Å². The molecular formula is C18H17FO5. The third-order valence-electron chi connectivity index (χ3n) is 3.41. The zero-order valence-electron chi connectivity index (χ0n) is 13.5. The fourth-order valence-electron chi connectivity index (χ4n) is 2.09. The Morgan fingerprint density at radius 1 is 1.00 bits per heavy atom. The van der Waals surface area contributed by atoms with E-state index in [-0.39, 0.29) is 16.9 Å². The Kier molecular flexibility index (Phi) is 5.52. The van der Waals surface area contributed by atoms with Gasteiger partial charge in [0.15, 0.2) is 6.10 Å². The standard InChI is InChI=1S/C18H17FO5/c1-11(17(20)12-4-6-13(19)7-5-12)24-18(21)15-9-8-14(22-2)10-16(15)23-3/h4-11H,1-3H3/t11-/m0/s1. The number of carbonyl (C=O) groups excluding carboxylic acids is 2. The van der Waals surface area contributed by atoms with E-state index >= 15 is 0 Å². The molecule has 0 aliphatic heterocycles. The molecular weight excluding hydrogens is 315 g/mol. The quantitative estimate of drug-likeness (QED) is 0.600. The van der Waals surface area contributed by atoms with E-state index in [0.717, 1.165) is 0 Å². The maximum absolute atomic E-state index is 12.9. The fourth-order valence-corrected chi connectivity index (χ4v) is 2.09. The van der Waals surface area contributed by atoms with Crippen LogP contribution in [0.2, 0.25) is 0 Å². The Morgan fingerprint density at radius 3 is 2.25 bits per heavy atom. The molecule has 0 aliphatic carbocycles. The van der Waals surface area contributed by atoms with Crippen molar-refractivity contribution in [2.75, 3.05) is 14.2 Å². The number of methoxy groups -OCH3 is 2. The van der Waals surface area contributed by atoms with Crippen molar-refractivity contribution in [3.05, 3.63) is 59.4 Å². The van der Waals surface area contributed by atoms with E-state index in [9.17, 15) is 14.0 Å². The molecule has 24 heavy (non-hydrogen) atoms. The highest BCUT2D eigenvalue weighted by Gasteiger charge is 2.22. The van der Waals surface area contributed by atoms with E-state index in [2.05, 4.69) is 0 Å².